The van der Waals surface area contributed by atoms with Crippen LogP contribution in [0.2, 0.25) is 0 Å². The monoisotopic (exact) mass is 408 g/mol. The molecular formula is C22H14F2N2O4. The van der Waals surface area contributed by atoms with Crippen LogP contribution in [0, 0.1) is 12.3 Å². The van der Waals surface area contributed by atoms with Gasteiger partial charge < -0.3 is 0 Å². The molecular weight excluding hydrogens is 394 g/mol. The third kappa shape index (κ3) is 2.55. The number of fused-ring (bicyclic) bond motifs is 2. The Morgan fingerprint density at radius 2 is 1.07 bits per heavy atom. The molecule has 2 aromatic carbocycles. The van der Waals surface area contributed by atoms with Gasteiger partial charge in [0.05, 0.1) is 28.7 Å². The quantitative estimate of drug-likeness (QED) is 0.576. The first kappa shape index (κ1) is 19.5. The number of terminal acetylenes is 1. The molecule has 150 valence electrons. The maximum Gasteiger partial charge on any atom is 0.264 e. The molecule has 2 aromatic rings. The van der Waals surface area contributed by atoms with Gasteiger partial charge in [0.15, 0.2) is 0 Å². The van der Waals surface area contributed by atoms with E-state index in [0.717, 1.165) is 0 Å². The first-order valence-electron chi connectivity index (χ1n) is 8.94. The topological polar surface area (TPSA) is 74.8 Å². The third-order valence-corrected chi connectivity index (χ3v) is 5.12. The molecule has 0 unspecified atom stereocenters. The molecule has 2 aliphatic heterocycles. The smallest absolute Gasteiger partial charge is 0.264 e. The normalized spacial score (nSPS) is 16.1. The standard InChI is InChI=1S/C22H14F2N2O4/c1-3-22(12-21(2,23)24,25-17(27)13-8-4-5-9-14(13)18(25)28)26-19(29)15-10-6-7-11-16(15)20(26)30/h1,4-11H,12H2,2H3. The minimum Gasteiger partial charge on any atom is -0.268 e. The van der Waals surface area contributed by atoms with Crippen LogP contribution >= 0.6 is 0 Å². The van der Waals surface area contributed by atoms with Gasteiger partial charge >= 0.3 is 0 Å². The Hall–Kier alpha value is -3.86. The second-order valence-electron chi connectivity index (χ2n) is 7.19. The number of nitrogens with zero attached hydrogens (tertiary/aromatic N) is 2. The van der Waals surface area contributed by atoms with E-state index in [1.807, 2.05) is 5.92 Å². The lowest BCUT2D eigenvalue weighted by molar-refractivity contribution is -0.0542. The van der Waals surface area contributed by atoms with Crippen molar-refractivity contribution in [2.75, 3.05) is 0 Å². The Kier molecular flexibility index (Phi) is 4.10. The van der Waals surface area contributed by atoms with E-state index in [-0.39, 0.29) is 22.3 Å². The van der Waals surface area contributed by atoms with Crippen LogP contribution < -0.4 is 0 Å². The fraction of sp³-hybridized carbons (Fsp3) is 0.182. The molecule has 0 N–H and O–H groups in total. The number of benzene rings is 2. The highest BCUT2D eigenvalue weighted by Crippen LogP contribution is 2.41. The first-order valence-corrected chi connectivity index (χ1v) is 8.94. The summed E-state index contributed by atoms with van der Waals surface area (Å²) in [6, 6.07) is 11.4. The zero-order valence-corrected chi connectivity index (χ0v) is 15.7. The van der Waals surface area contributed by atoms with E-state index in [4.69, 9.17) is 6.42 Å². The van der Waals surface area contributed by atoms with E-state index >= 15 is 0 Å². The fourth-order valence-corrected chi connectivity index (χ4v) is 3.92. The highest BCUT2D eigenvalue weighted by atomic mass is 19.3. The lowest BCUT2D eigenvalue weighted by Crippen LogP contribution is -2.65. The largest absolute Gasteiger partial charge is 0.268 e. The van der Waals surface area contributed by atoms with Crippen molar-refractivity contribution in [3.63, 3.8) is 0 Å². The molecule has 0 aromatic heterocycles. The second kappa shape index (κ2) is 6.32. The summed E-state index contributed by atoms with van der Waals surface area (Å²) < 4.78 is 28.6. The van der Waals surface area contributed by atoms with Crippen LogP contribution in [0.3, 0.4) is 0 Å². The van der Waals surface area contributed by atoms with Crippen molar-refractivity contribution in [2.45, 2.75) is 24.9 Å². The summed E-state index contributed by atoms with van der Waals surface area (Å²) in [5, 5.41) is 0. The number of hydrogen-bond acceptors (Lipinski definition) is 4. The average Bonchev–Trinajstić information content (AvgIpc) is 3.12. The van der Waals surface area contributed by atoms with Crippen molar-refractivity contribution >= 4 is 23.6 Å². The zero-order valence-electron chi connectivity index (χ0n) is 15.7. The number of hydrogen-bond donors (Lipinski definition) is 0. The number of carbonyl (C=O) groups excluding carboxylic acids is 4. The Morgan fingerprint density at radius 3 is 1.30 bits per heavy atom. The predicted molar refractivity (Wildman–Crippen MR) is 101 cm³/mol. The van der Waals surface area contributed by atoms with Crippen molar-refractivity contribution in [3.05, 3.63) is 70.8 Å². The van der Waals surface area contributed by atoms with Gasteiger partial charge in [-0.3, -0.25) is 19.2 Å². The molecule has 30 heavy (non-hydrogen) atoms. The van der Waals surface area contributed by atoms with Crippen LogP contribution in [0.5, 0.6) is 0 Å². The Morgan fingerprint density at radius 1 is 0.767 bits per heavy atom. The van der Waals surface area contributed by atoms with Crippen molar-refractivity contribution in [2.24, 2.45) is 0 Å². The minimum atomic E-state index is -3.52. The molecule has 0 bridgehead atoms. The summed E-state index contributed by atoms with van der Waals surface area (Å²) in [6.07, 6.45) is 4.32. The summed E-state index contributed by atoms with van der Waals surface area (Å²) >= 11 is 0. The summed E-state index contributed by atoms with van der Waals surface area (Å²) in [6.45, 7) is 0.537. The van der Waals surface area contributed by atoms with E-state index in [1.165, 1.54) is 48.5 Å². The number of alkyl halides is 2. The van der Waals surface area contributed by atoms with Gasteiger partial charge in [0, 0.05) is 0 Å². The molecule has 4 amide bonds. The number of amides is 4. The third-order valence-electron chi connectivity index (χ3n) is 5.12. The van der Waals surface area contributed by atoms with E-state index in [9.17, 15) is 28.0 Å². The van der Waals surface area contributed by atoms with Crippen LogP contribution in [0.4, 0.5) is 8.78 Å². The van der Waals surface area contributed by atoms with Crippen LogP contribution in [0.25, 0.3) is 0 Å². The molecule has 0 spiro atoms. The molecule has 0 saturated heterocycles. The van der Waals surface area contributed by atoms with E-state index in [2.05, 4.69) is 0 Å². The zero-order chi connectivity index (χ0) is 21.8. The van der Waals surface area contributed by atoms with Gasteiger partial charge in [-0.1, -0.05) is 30.2 Å². The molecule has 8 heteroatoms. The maximum absolute atomic E-state index is 14.3. The van der Waals surface area contributed by atoms with E-state index < -0.39 is 41.6 Å². The molecule has 0 saturated carbocycles. The number of carbonyl (C=O) groups is 4. The number of rotatable bonds is 4. The molecule has 2 heterocycles. The van der Waals surface area contributed by atoms with Gasteiger partial charge in [-0.2, -0.15) is 0 Å². The Bertz CT molecular complexity index is 1030. The van der Waals surface area contributed by atoms with Crippen LogP contribution in [0.1, 0.15) is 54.8 Å². The van der Waals surface area contributed by atoms with Crippen LogP contribution in [-0.4, -0.2) is 45.0 Å². The van der Waals surface area contributed by atoms with Gasteiger partial charge in [-0.05, 0) is 31.2 Å². The van der Waals surface area contributed by atoms with Crippen molar-refractivity contribution < 1.29 is 28.0 Å². The number of halogens is 2. The molecule has 6 nitrogen and oxygen atoms in total. The average molecular weight is 408 g/mol. The van der Waals surface area contributed by atoms with Crippen molar-refractivity contribution in [3.8, 4) is 12.3 Å². The van der Waals surface area contributed by atoms with Gasteiger partial charge in [-0.25, -0.2) is 18.6 Å². The van der Waals surface area contributed by atoms with Crippen LogP contribution in [-0.2, 0) is 0 Å². The van der Waals surface area contributed by atoms with Crippen LogP contribution in [0.15, 0.2) is 48.5 Å². The van der Waals surface area contributed by atoms with Gasteiger partial charge in [-0.15, -0.1) is 6.42 Å². The Labute approximate surface area is 170 Å². The highest BCUT2D eigenvalue weighted by Gasteiger charge is 2.60. The minimum absolute atomic E-state index is 0.0434. The van der Waals surface area contributed by atoms with E-state index in [1.54, 1.807) is 0 Å². The lowest BCUT2D eigenvalue weighted by atomic mass is 9.97. The van der Waals surface area contributed by atoms with Gasteiger partial charge in [0.25, 0.3) is 29.6 Å². The summed E-state index contributed by atoms with van der Waals surface area (Å²) in [5.74, 6) is -5.28. The molecule has 0 aliphatic carbocycles. The molecule has 0 fully saturated rings. The summed E-state index contributed by atoms with van der Waals surface area (Å²) in [7, 11) is 0. The van der Waals surface area contributed by atoms with Gasteiger partial charge in [0.2, 0.25) is 5.66 Å². The maximum atomic E-state index is 14.3. The molecule has 2 aliphatic rings. The van der Waals surface area contributed by atoms with E-state index in [0.29, 0.717) is 16.7 Å². The number of imide groups is 2. The second-order valence-corrected chi connectivity index (χ2v) is 7.19. The fourth-order valence-electron chi connectivity index (χ4n) is 3.92. The SMILES string of the molecule is C#CC(CC(C)(F)F)(N1C(=O)c2ccccc2C1=O)N1C(=O)c2ccccc2C1=O. The highest BCUT2D eigenvalue weighted by molar-refractivity contribution is 6.25. The first-order chi connectivity index (χ1) is 14.1. The predicted octanol–water partition coefficient (Wildman–Crippen LogP) is 2.95. The van der Waals surface area contributed by atoms with Crippen molar-refractivity contribution in [1.29, 1.82) is 0 Å². The lowest BCUT2D eigenvalue weighted by Gasteiger charge is -2.42. The molecule has 0 radical (unpaired) electrons. The molecule has 4 rings (SSSR count). The van der Waals surface area contributed by atoms with Crippen molar-refractivity contribution in [1.82, 2.24) is 9.80 Å². The van der Waals surface area contributed by atoms with Gasteiger partial charge in [0.1, 0.15) is 0 Å². The molecule has 0 atom stereocenters. The Balaban J connectivity index is 1.94. The summed E-state index contributed by atoms with van der Waals surface area (Å²) in [4.78, 5) is 53.1. The summed E-state index contributed by atoms with van der Waals surface area (Å²) in [5.41, 5.74) is -2.80.